The van der Waals surface area contributed by atoms with Gasteiger partial charge in [0, 0.05) is 16.6 Å². The topological polar surface area (TPSA) is 50.2 Å². The SMILES string of the molecule is O=C(O)Cc1cnc(-c2ccccc2)s1. The van der Waals surface area contributed by atoms with Crippen LogP contribution in [0.15, 0.2) is 36.5 Å². The number of aliphatic carboxylic acids is 1. The number of aromatic nitrogens is 1. The lowest BCUT2D eigenvalue weighted by atomic mass is 10.2. The van der Waals surface area contributed by atoms with Gasteiger partial charge in [0.25, 0.3) is 0 Å². The molecule has 1 aromatic heterocycles. The van der Waals surface area contributed by atoms with Crippen LogP contribution in [0.2, 0.25) is 0 Å². The summed E-state index contributed by atoms with van der Waals surface area (Å²) in [5.74, 6) is -0.821. The van der Waals surface area contributed by atoms with Gasteiger partial charge >= 0.3 is 5.97 Å². The second-order valence-corrected chi connectivity index (χ2v) is 4.18. The van der Waals surface area contributed by atoms with E-state index in [1.165, 1.54) is 11.3 Å². The van der Waals surface area contributed by atoms with Gasteiger partial charge in [-0.1, -0.05) is 30.3 Å². The smallest absolute Gasteiger partial charge is 0.308 e. The van der Waals surface area contributed by atoms with Gasteiger partial charge in [0.05, 0.1) is 6.42 Å². The molecule has 0 aliphatic heterocycles. The molecule has 2 rings (SSSR count). The minimum absolute atomic E-state index is 0.0461. The minimum atomic E-state index is -0.821. The van der Waals surface area contributed by atoms with Crippen LogP contribution >= 0.6 is 11.3 Å². The first kappa shape index (κ1) is 9.86. The molecule has 0 aliphatic rings. The molecule has 15 heavy (non-hydrogen) atoms. The summed E-state index contributed by atoms with van der Waals surface area (Å²) in [6.45, 7) is 0. The molecule has 0 amide bonds. The van der Waals surface area contributed by atoms with E-state index in [4.69, 9.17) is 5.11 Å². The van der Waals surface area contributed by atoms with E-state index in [1.807, 2.05) is 30.3 Å². The van der Waals surface area contributed by atoms with E-state index in [9.17, 15) is 4.79 Å². The predicted octanol–water partition coefficient (Wildman–Crippen LogP) is 2.44. The summed E-state index contributed by atoms with van der Waals surface area (Å²) < 4.78 is 0. The highest BCUT2D eigenvalue weighted by Gasteiger charge is 2.06. The van der Waals surface area contributed by atoms with Gasteiger partial charge < -0.3 is 5.11 Å². The van der Waals surface area contributed by atoms with Gasteiger partial charge in [0.15, 0.2) is 0 Å². The molecule has 4 heteroatoms. The van der Waals surface area contributed by atoms with E-state index in [-0.39, 0.29) is 6.42 Å². The van der Waals surface area contributed by atoms with Gasteiger partial charge in [-0.2, -0.15) is 0 Å². The fraction of sp³-hybridized carbons (Fsp3) is 0.0909. The summed E-state index contributed by atoms with van der Waals surface area (Å²) in [4.78, 5) is 15.5. The highest BCUT2D eigenvalue weighted by Crippen LogP contribution is 2.24. The molecule has 0 spiro atoms. The monoisotopic (exact) mass is 219 g/mol. The molecule has 0 saturated heterocycles. The van der Waals surface area contributed by atoms with Crippen molar-refractivity contribution in [2.45, 2.75) is 6.42 Å². The first-order valence-corrected chi connectivity index (χ1v) is 5.29. The Hall–Kier alpha value is -1.68. The average Bonchev–Trinajstić information content (AvgIpc) is 2.67. The van der Waals surface area contributed by atoms with E-state index in [1.54, 1.807) is 6.20 Å². The van der Waals surface area contributed by atoms with Crippen LogP contribution in [0.1, 0.15) is 4.88 Å². The Kier molecular flexibility index (Phi) is 2.78. The normalized spacial score (nSPS) is 10.1. The zero-order chi connectivity index (χ0) is 10.7. The van der Waals surface area contributed by atoms with Crippen molar-refractivity contribution in [3.05, 3.63) is 41.4 Å². The Bertz CT molecular complexity index is 464. The third kappa shape index (κ3) is 2.41. The minimum Gasteiger partial charge on any atom is -0.481 e. The van der Waals surface area contributed by atoms with Crippen molar-refractivity contribution in [3.8, 4) is 10.6 Å². The van der Waals surface area contributed by atoms with Gasteiger partial charge in [-0.15, -0.1) is 11.3 Å². The third-order valence-electron chi connectivity index (χ3n) is 1.90. The molecule has 76 valence electrons. The maximum absolute atomic E-state index is 10.5. The molecule has 0 saturated carbocycles. The average molecular weight is 219 g/mol. The molecule has 0 unspecified atom stereocenters. The lowest BCUT2D eigenvalue weighted by molar-refractivity contribution is -0.136. The number of benzene rings is 1. The molecule has 0 fully saturated rings. The fourth-order valence-electron chi connectivity index (χ4n) is 1.25. The van der Waals surface area contributed by atoms with E-state index < -0.39 is 5.97 Å². The molecule has 1 heterocycles. The number of carbonyl (C=O) groups is 1. The largest absolute Gasteiger partial charge is 0.481 e. The number of hydrogen-bond donors (Lipinski definition) is 1. The summed E-state index contributed by atoms with van der Waals surface area (Å²) in [6.07, 6.45) is 1.67. The number of rotatable bonds is 3. The van der Waals surface area contributed by atoms with Crippen LogP contribution in [0.3, 0.4) is 0 Å². The number of hydrogen-bond acceptors (Lipinski definition) is 3. The Balaban J connectivity index is 2.24. The van der Waals surface area contributed by atoms with Crippen molar-refractivity contribution in [3.63, 3.8) is 0 Å². The quantitative estimate of drug-likeness (QED) is 0.862. The lowest BCUT2D eigenvalue weighted by Gasteiger charge is -1.92. The predicted molar refractivity (Wildman–Crippen MR) is 58.9 cm³/mol. The fourth-order valence-corrected chi connectivity index (χ4v) is 2.16. The Morgan fingerprint density at radius 2 is 2.07 bits per heavy atom. The van der Waals surface area contributed by atoms with Crippen LogP contribution in [-0.2, 0) is 11.2 Å². The lowest BCUT2D eigenvalue weighted by Crippen LogP contribution is -1.97. The molecule has 1 N–H and O–H groups in total. The highest BCUT2D eigenvalue weighted by atomic mass is 32.1. The van der Waals surface area contributed by atoms with Crippen LogP contribution in [0.5, 0.6) is 0 Å². The molecular formula is C11H9NO2S. The summed E-state index contributed by atoms with van der Waals surface area (Å²) in [7, 11) is 0. The summed E-state index contributed by atoms with van der Waals surface area (Å²) in [6, 6.07) is 9.74. The highest BCUT2D eigenvalue weighted by molar-refractivity contribution is 7.15. The zero-order valence-electron chi connectivity index (χ0n) is 7.88. The molecule has 0 bridgehead atoms. The maximum atomic E-state index is 10.5. The second-order valence-electron chi connectivity index (χ2n) is 3.07. The molecule has 0 atom stereocenters. The number of carboxylic acids is 1. The Morgan fingerprint density at radius 1 is 1.33 bits per heavy atom. The van der Waals surface area contributed by atoms with E-state index in [2.05, 4.69) is 4.98 Å². The van der Waals surface area contributed by atoms with Crippen molar-refractivity contribution >= 4 is 17.3 Å². The first-order chi connectivity index (χ1) is 7.25. The molecule has 1 aromatic carbocycles. The molecule has 0 aliphatic carbocycles. The van der Waals surface area contributed by atoms with Gasteiger partial charge in [-0.05, 0) is 0 Å². The first-order valence-electron chi connectivity index (χ1n) is 4.47. The van der Waals surface area contributed by atoms with E-state index in [0.717, 1.165) is 15.4 Å². The molecule has 2 aromatic rings. The maximum Gasteiger partial charge on any atom is 0.308 e. The van der Waals surface area contributed by atoms with Gasteiger partial charge in [0.2, 0.25) is 0 Å². The third-order valence-corrected chi connectivity index (χ3v) is 2.95. The number of nitrogens with zero attached hydrogens (tertiary/aromatic N) is 1. The van der Waals surface area contributed by atoms with Crippen molar-refractivity contribution in [2.75, 3.05) is 0 Å². The van der Waals surface area contributed by atoms with Crippen LogP contribution in [-0.4, -0.2) is 16.1 Å². The van der Waals surface area contributed by atoms with E-state index >= 15 is 0 Å². The van der Waals surface area contributed by atoms with Crippen molar-refractivity contribution < 1.29 is 9.90 Å². The standard InChI is InChI=1S/C11H9NO2S/c13-10(14)6-9-7-12-11(15-9)8-4-2-1-3-5-8/h1-5,7H,6H2,(H,13,14). The molecule has 0 radical (unpaired) electrons. The molecular weight excluding hydrogens is 210 g/mol. The van der Waals surface area contributed by atoms with Gasteiger partial charge in [-0.25, -0.2) is 4.98 Å². The van der Waals surface area contributed by atoms with Gasteiger partial charge in [-0.3, -0.25) is 4.79 Å². The van der Waals surface area contributed by atoms with Crippen LogP contribution in [0.25, 0.3) is 10.6 Å². The van der Waals surface area contributed by atoms with Crippen molar-refractivity contribution in [1.29, 1.82) is 0 Å². The zero-order valence-corrected chi connectivity index (χ0v) is 8.70. The summed E-state index contributed by atoms with van der Waals surface area (Å²) >= 11 is 1.42. The second kappa shape index (κ2) is 4.23. The summed E-state index contributed by atoms with van der Waals surface area (Å²) in [5.41, 5.74) is 1.03. The Morgan fingerprint density at radius 3 is 2.73 bits per heavy atom. The van der Waals surface area contributed by atoms with Gasteiger partial charge in [0.1, 0.15) is 5.01 Å². The Labute approximate surface area is 91.0 Å². The van der Waals surface area contributed by atoms with Crippen LogP contribution in [0, 0.1) is 0 Å². The molecule has 3 nitrogen and oxygen atoms in total. The van der Waals surface area contributed by atoms with Crippen LogP contribution < -0.4 is 0 Å². The van der Waals surface area contributed by atoms with Crippen molar-refractivity contribution in [2.24, 2.45) is 0 Å². The van der Waals surface area contributed by atoms with Crippen LogP contribution in [0.4, 0.5) is 0 Å². The van der Waals surface area contributed by atoms with Crippen molar-refractivity contribution in [1.82, 2.24) is 4.98 Å². The number of carboxylic acid groups (broad SMARTS) is 1. The summed E-state index contributed by atoms with van der Waals surface area (Å²) in [5, 5.41) is 9.49. The van der Waals surface area contributed by atoms with E-state index in [0.29, 0.717) is 0 Å². The number of thiazole rings is 1.